The first-order valence-corrected chi connectivity index (χ1v) is 11.6. The van der Waals surface area contributed by atoms with E-state index in [1.807, 2.05) is 0 Å². The van der Waals surface area contributed by atoms with Crippen molar-refractivity contribution in [2.75, 3.05) is 23.7 Å². The van der Waals surface area contributed by atoms with Crippen molar-refractivity contribution in [1.82, 2.24) is 4.90 Å². The normalized spacial score (nSPS) is 23.9. The van der Waals surface area contributed by atoms with Gasteiger partial charge in [0.2, 0.25) is 0 Å². The molecule has 31 heavy (non-hydrogen) atoms. The minimum atomic E-state index is 0.00575. The molecule has 3 aliphatic rings. The number of fused-ring (bicyclic) bond motifs is 1. The molecule has 1 aliphatic carbocycles. The summed E-state index contributed by atoms with van der Waals surface area (Å²) in [6, 6.07) is 19.2. The third kappa shape index (κ3) is 4.27. The number of carbonyl (C=O) groups is 1. The Morgan fingerprint density at radius 1 is 0.935 bits per heavy atom. The third-order valence-corrected chi connectivity index (χ3v) is 7.11. The molecule has 2 aromatic rings. The SMILES string of the molecule is CC1(C)CC(=O)C2=C(C1)Nc1ccccc1NC2C1CCN(Cc2ccccc2)CC1. The topological polar surface area (TPSA) is 44.4 Å². The lowest BCUT2D eigenvalue weighted by molar-refractivity contribution is -0.118. The number of nitrogens with zero attached hydrogens (tertiary/aromatic N) is 1. The Balaban J connectivity index is 1.39. The number of nitrogens with one attached hydrogen (secondary N) is 2. The van der Waals surface area contributed by atoms with Gasteiger partial charge in [0.25, 0.3) is 0 Å². The van der Waals surface area contributed by atoms with Gasteiger partial charge in [0.15, 0.2) is 5.78 Å². The fourth-order valence-electron chi connectivity index (χ4n) is 5.57. The van der Waals surface area contributed by atoms with E-state index in [-0.39, 0.29) is 11.5 Å². The zero-order valence-corrected chi connectivity index (χ0v) is 18.7. The van der Waals surface area contributed by atoms with E-state index in [0.29, 0.717) is 18.1 Å². The molecule has 1 saturated heterocycles. The number of piperidine rings is 1. The van der Waals surface area contributed by atoms with Gasteiger partial charge in [-0.15, -0.1) is 0 Å². The van der Waals surface area contributed by atoms with Crippen molar-refractivity contribution >= 4 is 17.2 Å². The maximum atomic E-state index is 13.4. The molecule has 0 bridgehead atoms. The number of allylic oxidation sites excluding steroid dienone is 1. The van der Waals surface area contributed by atoms with Crippen LogP contribution >= 0.6 is 0 Å². The highest BCUT2D eigenvalue weighted by Crippen LogP contribution is 2.44. The predicted molar refractivity (Wildman–Crippen MR) is 127 cm³/mol. The first-order chi connectivity index (χ1) is 15.0. The van der Waals surface area contributed by atoms with Gasteiger partial charge in [-0.2, -0.15) is 0 Å². The van der Waals surface area contributed by atoms with Crippen molar-refractivity contribution in [3.05, 3.63) is 71.4 Å². The number of likely N-dealkylation sites (tertiary alicyclic amines) is 1. The van der Waals surface area contributed by atoms with Gasteiger partial charge in [-0.05, 0) is 61.4 Å². The van der Waals surface area contributed by atoms with Crippen LogP contribution in [0.15, 0.2) is 65.9 Å². The van der Waals surface area contributed by atoms with E-state index >= 15 is 0 Å². The quantitative estimate of drug-likeness (QED) is 0.700. The van der Waals surface area contributed by atoms with Crippen molar-refractivity contribution in [2.45, 2.75) is 52.1 Å². The fourth-order valence-corrected chi connectivity index (χ4v) is 5.57. The lowest BCUT2D eigenvalue weighted by Crippen LogP contribution is -2.44. The number of hydrogen-bond donors (Lipinski definition) is 2. The van der Waals surface area contributed by atoms with E-state index in [4.69, 9.17) is 0 Å². The molecule has 0 aromatic heterocycles. The van der Waals surface area contributed by atoms with Gasteiger partial charge in [-0.1, -0.05) is 56.3 Å². The largest absolute Gasteiger partial charge is 0.376 e. The monoisotopic (exact) mass is 415 g/mol. The minimum Gasteiger partial charge on any atom is -0.376 e. The standard InChI is InChI=1S/C27H33N3O/c1-27(2)16-23-25(24(31)17-27)26(29-22-11-7-6-10-21(22)28-23)20-12-14-30(15-13-20)18-19-8-4-3-5-9-19/h3-11,20,26,28-29H,12-18H2,1-2H3. The summed E-state index contributed by atoms with van der Waals surface area (Å²) in [6.07, 6.45) is 3.78. The van der Waals surface area contributed by atoms with Crippen LogP contribution in [0.1, 0.15) is 45.1 Å². The van der Waals surface area contributed by atoms with Crippen LogP contribution in [0.5, 0.6) is 0 Å². The van der Waals surface area contributed by atoms with E-state index in [2.05, 4.69) is 84.0 Å². The average molecular weight is 416 g/mol. The highest BCUT2D eigenvalue weighted by molar-refractivity contribution is 6.00. The molecule has 2 aromatic carbocycles. The summed E-state index contributed by atoms with van der Waals surface area (Å²) in [7, 11) is 0. The van der Waals surface area contributed by atoms with Crippen LogP contribution in [-0.2, 0) is 11.3 Å². The average Bonchev–Trinajstić information content (AvgIpc) is 2.90. The summed E-state index contributed by atoms with van der Waals surface area (Å²) < 4.78 is 0. The van der Waals surface area contributed by atoms with Gasteiger partial charge in [-0.3, -0.25) is 9.69 Å². The Hall–Kier alpha value is -2.59. The number of rotatable bonds is 3. The molecule has 4 heteroatoms. The molecule has 2 heterocycles. The van der Waals surface area contributed by atoms with Gasteiger partial charge in [0.05, 0.1) is 17.4 Å². The molecule has 0 saturated carbocycles. The Kier molecular flexibility index (Phi) is 5.35. The molecule has 2 aliphatic heterocycles. The van der Waals surface area contributed by atoms with Gasteiger partial charge in [-0.25, -0.2) is 0 Å². The Morgan fingerprint density at radius 3 is 2.35 bits per heavy atom. The highest BCUT2D eigenvalue weighted by atomic mass is 16.1. The molecule has 5 rings (SSSR count). The maximum Gasteiger partial charge on any atom is 0.163 e. The maximum absolute atomic E-state index is 13.4. The molecule has 4 nitrogen and oxygen atoms in total. The molecular weight excluding hydrogens is 382 g/mol. The van der Waals surface area contributed by atoms with E-state index in [9.17, 15) is 4.79 Å². The highest BCUT2D eigenvalue weighted by Gasteiger charge is 2.41. The van der Waals surface area contributed by atoms with Crippen LogP contribution in [-0.4, -0.2) is 29.8 Å². The van der Waals surface area contributed by atoms with E-state index in [1.165, 1.54) is 5.56 Å². The molecule has 162 valence electrons. The first kappa shape index (κ1) is 20.3. The zero-order chi connectivity index (χ0) is 21.4. The second-order valence-corrected chi connectivity index (χ2v) is 10.2. The van der Waals surface area contributed by atoms with Gasteiger partial charge in [0, 0.05) is 24.2 Å². The lowest BCUT2D eigenvalue weighted by Gasteiger charge is -2.39. The molecule has 2 N–H and O–H groups in total. The van der Waals surface area contributed by atoms with Crippen LogP contribution < -0.4 is 10.6 Å². The number of ketones is 1. The number of hydrogen-bond acceptors (Lipinski definition) is 4. The first-order valence-electron chi connectivity index (χ1n) is 11.6. The Bertz CT molecular complexity index is 987. The number of Topliss-reactive ketones (excluding diaryl/α,β-unsaturated/α-hetero) is 1. The van der Waals surface area contributed by atoms with Crippen LogP contribution in [0.25, 0.3) is 0 Å². The molecule has 1 fully saturated rings. The molecule has 0 radical (unpaired) electrons. The number of carbonyl (C=O) groups excluding carboxylic acids is 1. The summed E-state index contributed by atoms with van der Waals surface area (Å²) in [6.45, 7) is 7.58. The number of benzene rings is 2. The van der Waals surface area contributed by atoms with Crippen LogP contribution in [0, 0.1) is 11.3 Å². The van der Waals surface area contributed by atoms with Crippen molar-refractivity contribution < 1.29 is 4.79 Å². The zero-order valence-electron chi connectivity index (χ0n) is 18.7. The number of anilines is 2. The summed E-state index contributed by atoms with van der Waals surface area (Å²) in [4.78, 5) is 15.9. The van der Waals surface area contributed by atoms with Crippen molar-refractivity contribution in [2.24, 2.45) is 11.3 Å². The van der Waals surface area contributed by atoms with E-state index < -0.39 is 0 Å². The fraction of sp³-hybridized carbons (Fsp3) is 0.444. The van der Waals surface area contributed by atoms with Crippen LogP contribution in [0.2, 0.25) is 0 Å². The van der Waals surface area contributed by atoms with Gasteiger partial charge >= 0.3 is 0 Å². The van der Waals surface area contributed by atoms with E-state index in [1.54, 1.807) is 0 Å². The molecule has 0 spiro atoms. The Labute approximate surface area is 185 Å². The van der Waals surface area contributed by atoms with Crippen LogP contribution in [0.3, 0.4) is 0 Å². The van der Waals surface area contributed by atoms with Crippen molar-refractivity contribution in [3.8, 4) is 0 Å². The summed E-state index contributed by atoms with van der Waals surface area (Å²) in [5.41, 5.74) is 5.73. The summed E-state index contributed by atoms with van der Waals surface area (Å²) >= 11 is 0. The second-order valence-electron chi connectivity index (χ2n) is 10.2. The molecule has 0 amide bonds. The summed E-state index contributed by atoms with van der Waals surface area (Å²) in [5.74, 6) is 0.783. The van der Waals surface area contributed by atoms with Crippen molar-refractivity contribution in [1.29, 1.82) is 0 Å². The lowest BCUT2D eigenvalue weighted by atomic mass is 9.71. The van der Waals surface area contributed by atoms with E-state index in [0.717, 1.165) is 61.5 Å². The minimum absolute atomic E-state index is 0.00575. The second kappa shape index (κ2) is 8.16. The van der Waals surface area contributed by atoms with Gasteiger partial charge in [0.1, 0.15) is 0 Å². The third-order valence-electron chi connectivity index (χ3n) is 7.11. The van der Waals surface area contributed by atoms with Crippen molar-refractivity contribution in [3.63, 3.8) is 0 Å². The smallest absolute Gasteiger partial charge is 0.163 e. The number of para-hydroxylation sites is 2. The van der Waals surface area contributed by atoms with Gasteiger partial charge < -0.3 is 10.6 Å². The Morgan fingerprint density at radius 2 is 1.61 bits per heavy atom. The summed E-state index contributed by atoms with van der Waals surface area (Å²) in [5, 5.41) is 7.43. The molecule has 1 unspecified atom stereocenters. The molecular formula is C27H33N3O. The molecule has 1 atom stereocenters. The van der Waals surface area contributed by atoms with Crippen LogP contribution in [0.4, 0.5) is 11.4 Å². The predicted octanol–water partition coefficient (Wildman–Crippen LogP) is 5.45.